The Morgan fingerprint density at radius 2 is 2.06 bits per heavy atom. The van der Waals surface area contributed by atoms with Crippen molar-refractivity contribution in [2.24, 2.45) is 0 Å². The Morgan fingerprint density at radius 3 is 2.71 bits per heavy atom. The summed E-state index contributed by atoms with van der Waals surface area (Å²) in [6.07, 6.45) is 3.07. The summed E-state index contributed by atoms with van der Waals surface area (Å²) in [6.45, 7) is 7.87. The first-order valence-electron chi connectivity index (χ1n) is 5.88. The number of benzene rings is 1. The molecule has 0 atom stereocenters. The Kier molecular flexibility index (Phi) is 2.20. The van der Waals surface area contributed by atoms with Crippen molar-refractivity contribution in [3.8, 4) is 0 Å². The van der Waals surface area contributed by atoms with Crippen LogP contribution in [0.1, 0.15) is 25.0 Å². The van der Waals surface area contributed by atoms with Gasteiger partial charge in [0.15, 0.2) is 0 Å². The number of fused-ring (bicyclic) bond motifs is 1. The minimum absolute atomic E-state index is 0.273. The highest BCUT2D eigenvalue weighted by atomic mass is 16.7. The molecule has 1 saturated heterocycles. The quantitative estimate of drug-likeness (QED) is 0.685. The lowest BCUT2D eigenvalue weighted by Gasteiger charge is -2.15. The predicted molar refractivity (Wildman–Crippen MR) is 69.3 cm³/mol. The zero-order valence-corrected chi connectivity index (χ0v) is 10.2. The average molecular weight is 226 g/mol. The zero-order valence-electron chi connectivity index (χ0n) is 10.2. The van der Waals surface area contributed by atoms with Crippen LogP contribution in [0.4, 0.5) is 0 Å². The van der Waals surface area contributed by atoms with E-state index in [1.54, 1.807) is 0 Å². The van der Waals surface area contributed by atoms with Crippen molar-refractivity contribution in [1.29, 1.82) is 0 Å². The third kappa shape index (κ3) is 1.71. The van der Waals surface area contributed by atoms with E-state index in [4.69, 9.17) is 9.31 Å². The van der Waals surface area contributed by atoms with Crippen LogP contribution >= 0.6 is 0 Å². The second-order valence-electron chi connectivity index (χ2n) is 5.10. The topological polar surface area (TPSA) is 18.5 Å². The van der Waals surface area contributed by atoms with Crippen LogP contribution in [0.15, 0.2) is 42.1 Å². The van der Waals surface area contributed by atoms with Gasteiger partial charge in [-0.2, -0.15) is 0 Å². The van der Waals surface area contributed by atoms with Crippen LogP contribution in [0.5, 0.6) is 0 Å². The van der Waals surface area contributed by atoms with Crippen LogP contribution in [-0.4, -0.2) is 12.7 Å². The van der Waals surface area contributed by atoms with Gasteiger partial charge in [0, 0.05) is 0 Å². The maximum atomic E-state index is 5.89. The molecule has 0 radical (unpaired) electrons. The van der Waals surface area contributed by atoms with E-state index >= 15 is 0 Å². The lowest BCUT2D eigenvalue weighted by atomic mass is 9.77. The van der Waals surface area contributed by atoms with Crippen LogP contribution in [0, 0.1) is 0 Å². The van der Waals surface area contributed by atoms with Crippen molar-refractivity contribution < 1.29 is 9.31 Å². The molecule has 2 aliphatic rings. The Labute approximate surface area is 102 Å². The van der Waals surface area contributed by atoms with E-state index < -0.39 is 0 Å². The van der Waals surface area contributed by atoms with Gasteiger partial charge in [0.25, 0.3) is 0 Å². The molecular formula is C14H15BO2. The summed E-state index contributed by atoms with van der Waals surface area (Å²) in [5.74, 6) is 0.708. The minimum Gasteiger partial charge on any atom is -0.534 e. The Hall–Kier alpha value is -1.48. The average Bonchev–Trinajstić information content (AvgIpc) is 2.80. The summed E-state index contributed by atoms with van der Waals surface area (Å²) in [7, 11) is -0.273. The van der Waals surface area contributed by atoms with Crippen LogP contribution in [0.2, 0.25) is 0 Å². The molecule has 1 aromatic carbocycles. The van der Waals surface area contributed by atoms with Crippen molar-refractivity contribution in [3.05, 3.63) is 53.2 Å². The number of hydrogen-bond donors (Lipinski definition) is 0. The van der Waals surface area contributed by atoms with Gasteiger partial charge in [-0.1, -0.05) is 36.9 Å². The van der Waals surface area contributed by atoms with Gasteiger partial charge in [-0.25, -0.2) is 0 Å². The van der Waals surface area contributed by atoms with E-state index in [9.17, 15) is 0 Å². The molecule has 3 rings (SSSR count). The molecular weight excluding hydrogens is 211 g/mol. The number of rotatable bonds is 1. The molecule has 0 N–H and O–H groups in total. The highest BCUT2D eigenvalue weighted by molar-refractivity contribution is 6.56. The van der Waals surface area contributed by atoms with Gasteiger partial charge in [-0.3, -0.25) is 0 Å². The molecule has 17 heavy (non-hydrogen) atoms. The van der Waals surface area contributed by atoms with Gasteiger partial charge in [-0.15, -0.1) is 0 Å². The van der Waals surface area contributed by atoms with Crippen LogP contribution in [-0.2, 0) is 15.7 Å². The lowest BCUT2D eigenvalue weighted by Crippen LogP contribution is -2.25. The fraction of sp³-hybridized carbons (Fsp3) is 0.286. The first-order valence-corrected chi connectivity index (χ1v) is 5.88. The maximum absolute atomic E-state index is 5.89. The molecule has 86 valence electrons. The Morgan fingerprint density at radius 1 is 1.29 bits per heavy atom. The zero-order chi connectivity index (χ0) is 12.0. The van der Waals surface area contributed by atoms with Crippen molar-refractivity contribution in [2.45, 2.75) is 25.9 Å². The fourth-order valence-electron chi connectivity index (χ4n) is 2.24. The summed E-state index contributed by atoms with van der Waals surface area (Å²) in [5, 5.41) is 0. The highest BCUT2D eigenvalue weighted by Gasteiger charge is 2.44. The molecule has 0 saturated carbocycles. The third-order valence-electron chi connectivity index (χ3n) is 3.42. The molecule has 0 bridgehead atoms. The fourth-order valence-corrected chi connectivity index (χ4v) is 2.24. The van der Waals surface area contributed by atoms with E-state index in [0.29, 0.717) is 5.76 Å². The standard InChI is InChI=1S/C14H15BO2/c1-10-14(2,3)17-15(16-10)13-8-11-6-4-5-7-12(11)9-13/h4-8H,1,9H2,2-3H3. The number of allylic oxidation sites excluding steroid dienone is 1. The lowest BCUT2D eigenvalue weighted by molar-refractivity contribution is 0.172. The molecule has 1 aliphatic carbocycles. The van der Waals surface area contributed by atoms with E-state index in [1.807, 2.05) is 13.8 Å². The van der Waals surface area contributed by atoms with Gasteiger partial charge in [-0.05, 0) is 36.9 Å². The summed E-state index contributed by atoms with van der Waals surface area (Å²) in [6, 6.07) is 8.39. The van der Waals surface area contributed by atoms with Gasteiger partial charge >= 0.3 is 7.12 Å². The monoisotopic (exact) mass is 226 g/mol. The second-order valence-corrected chi connectivity index (χ2v) is 5.10. The molecule has 0 unspecified atom stereocenters. The van der Waals surface area contributed by atoms with Crippen molar-refractivity contribution in [1.82, 2.24) is 0 Å². The van der Waals surface area contributed by atoms with E-state index in [2.05, 4.69) is 36.9 Å². The van der Waals surface area contributed by atoms with Crippen LogP contribution < -0.4 is 0 Å². The van der Waals surface area contributed by atoms with Crippen LogP contribution in [0.3, 0.4) is 0 Å². The Bertz CT molecular complexity index is 517. The third-order valence-corrected chi connectivity index (χ3v) is 3.42. The summed E-state index contributed by atoms with van der Waals surface area (Å²) >= 11 is 0. The van der Waals surface area contributed by atoms with Gasteiger partial charge in [0.05, 0.1) is 5.76 Å². The van der Waals surface area contributed by atoms with Crippen molar-refractivity contribution in [3.63, 3.8) is 0 Å². The summed E-state index contributed by atoms with van der Waals surface area (Å²) in [5.41, 5.74) is 3.40. The molecule has 1 aromatic rings. The van der Waals surface area contributed by atoms with E-state index in [-0.39, 0.29) is 12.7 Å². The molecule has 0 spiro atoms. The van der Waals surface area contributed by atoms with Gasteiger partial charge in [0.2, 0.25) is 0 Å². The molecule has 3 heteroatoms. The molecule has 1 heterocycles. The smallest absolute Gasteiger partial charge is 0.534 e. The first kappa shape index (κ1) is 10.7. The molecule has 0 amide bonds. The van der Waals surface area contributed by atoms with Crippen molar-refractivity contribution in [2.75, 3.05) is 0 Å². The SMILES string of the molecule is C=C1OB(C2=Cc3ccccc3C2)OC1(C)C. The van der Waals surface area contributed by atoms with Gasteiger partial charge < -0.3 is 9.31 Å². The minimum atomic E-state index is -0.389. The summed E-state index contributed by atoms with van der Waals surface area (Å²) in [4.78, 5) is 0. The normalized spacial score (nSPS) is 21.2. The first-order chi connectivity index (χ1) is 8.06. The summed E-state index contributed by atoms with van der Waals surface area (Å²) < 4.78 is 11.6. The number of hydrogen-bond acceptors (Lipinski definition) is 2. The van der Waals surface area contributed by atoms with Crippen molar-refractivity contribution >= 4 is 13.2 Å². The largest absolute Gasteiger partial charge is 0.559 e. The predicted octanol–water partition coefficient (Wildman–Crippen LogP) is 2.99. The van der Waals surface area contributed by atoms with E-state index in [0.717, 1.165) is 6.42 Å². The highest BCUT2D eigenvalue weighted by Crippen LogP contribution is 2.36. The molecule has 1 fully saturated rings. The van der Waals surface area contributed by atoms with E-state index in [1.165, 1.54) is 16.6 Å². The Balaban J connectivity index is 1.84. The van der Waals surface area contributed by atoms with Gasteiger partial charge in [0.1, 0.15) is 5.60 Å². The maximum Gasteiger partial charge on any atom is 0.559 e. The molecule has 2 nitrogen and oxygen atoms in total. The second kappa shape index (κ2) is 3.51. The molecule has 0 aromatic heterocycles. The van der Waals surface area contributed by atoms with Crippen LogP contribution in [0.25, 0.3) is 6.08 Å². The molecule has 1 aliphatic heterocycles.